The Labute approximate surface area is 126 Å². The molecule has 0 spiro atoms. The molecule has 1 aliphatic carbocycles. The molecule has 20 heavy (non-hydrogen) atoms. The minimum absolute atomic E-state index is 0.381. The van der Waals surface area contributed by atoms with Crippen molar-refractivity contribution in [1.29, 1.82) is 0 Å². The lowest BCUT2D eigenvalue weighted by Crippen LogP contribution is -2.32. The summed E-state index contributed by atoms with van der Waals surface area (Å²) in [7, 11) is 0. The van der Waals surface area contributed by atoms with Crippen LogP contribution in [0.2, 0.25) is 5.02 Å². The Morgan fingerprint density at radius 3 is 2.65 bits per heavy atom. The highest BCUT2D eigenvalue weighted by atomic mass is 35.5. The summed E-state index contributed by atoms with van der Waals surface area (Å²) in [5.74, 6) is 0. The lowest BCUT2D eigenvalue weighted by atomic mass is 10.0. The first-order chi connectivity index (χ1) is 9.63. The van der Waals surface area contributed by atoms with E-state index in [1.165, 1.54) is 22.3 Å². The maximum Gasteiger partial charge on any atom is 0.0408 e. The van der Waals surface area contributed by atoms with Gasteiger partial charge in [-0.25, -0.2) is 0 Å². The number of fused-ring (bicyclic) bond motifs is 1. The van der Waals surface area contributed by atoms with E-state index in [2.05, 4.69) is 55.6 Å². The van der Waals surface area contributed by atoms with Crippen molar-refractivity contribution in [2.45, 2.75) is 38.8 Å². The topological polar surface area (TPSA) is 12.0 Å². The van der Waals surface area contributed by atoms with Crippen molar-refractivity contribution in [2.75, 3.05) is 0 Å². The highest BCUT2D eigenvalue weighted by Crippen LogP contribution is 2.27. The number of rotatable bonds is 3. The van der Waals surface area contributed by atoms with Crippen LogP contribution in [-0.2, 0) is 12.8 Å². The van der Waals surface area contributed by atoms with E-state index in [4.69, 9.17) is 11.6 Å². The zero-order valence-corrected chi connectivity index (χ0v) is 12.7. The molecular formula is C18H20ClN. The maximum absolute atomic E-state index is 6.07. The van der Waals surface area contributed by atoms with Crippen molar-refractivity contribution in [3.63, 3.8) is 0 Å². The molecule has 1 aliphatic rings. The molecule has 0 heterocycles. The van der Waals surface area contributed by atoms with Gasteiger partial charge in [0.1, 0.15) is 0 Å². The number of halogens is 1. The van der Waals surface area contributed by atoms with E-state index in [0.717, 1.165) is 17.9 Å². The van der Waals surface area contributed by atoms with Gasteiger partial charge < -0.3 is 5.32 Å². The van der Waals surface area contributed by atoms with Crippen molar-refractivity contribution in [2.24, 2.45) is 0 Å². The monoisotopic (exact) mass is 285 g/mol. The molecule has 2 aromatic rings. The van der Waals surface area contributed by atoms with Gasteiger partial charge in [0, 0.05) is 17.1 Å². The molecule has 2 aromatic carbocycles. The summed E-state index contributed by atoms with van der Waals surface area (Å²) in [6, 6.07) is 15.8. The van der Waals surface area contributed by atoms with Crippen LogP contribution in [0.3, 0.4) is 0 Å². The summed E-state index contributed by atoms with van der Waals surface area (Å²) >= 11 is 6.07. The standard InChI is InChI=1S/C18H20ClN/c1-12-5-3-4-6-18(12)13(2)20-17-10-14-7-8-16(19)9-15(14)11-17/h3-9,13,17,20H,10-11H2,1-2H3. The van der Waals surface area contributed by atoms with Gasteiger partial charge in [-0.1, -0.05) is 41.9 Å². The third-order valence-electron chi connectivity index (χ3n) is 4.24. The van der Waals surface area contributed by atoms with Gasteiger partial charge in [0.05, 0.1) is 0 Å². The van der Waals surface area contributed by atoms with E-state index < -0.39 is 0 Å². The van der Waals surface area contributed by atoms with Gasteiger partial charge in [-0.15, -0.1) is 0 Å². The molecule has 3 rings (SSSR count). The van der Waals surface area contributed by atoms with Crippen molar-refractivity contribution in [1.82, 2.24) is 5.32 Å². The van der Waals surface area contributed by atoms with Crippen LogP contribution >= 0.6 is 11.6 Å². The third kappa shape index (κ3) is 2.74. The van der Waals surface area contributed by atoms with Crippen molar-refractivity contribution >= 4 is 11.6 Å². The Morgan fingerprint density at radius 1 is 1.10 bits per heavy atom. The van der Waals surface area contributed by atoms with E-state index in [1.807, 2.05) is 6.07 Å². The Hall–Kier alpha value is -1.31. The highest BCUT2D eigenvalue weighted by Gasteiger charge is 2.23. The van der Waals surface area contributed by atoms with Crippen molar-refractivity contribution in [3.8, 4) is 0 Å². The van der Waals surface area contributed by atoms with Crippen LogP contribution in [0.15, 0.2) is 42.5 Å². The molecule has 0 radical (unpaired) electrons. The SMILES string of the molecule is Cc1ccccc1C(C)NC1Cc2ccc(Cl)cc2C1. The van der Waals surface area contributed by atoms with Gasteiger partial charge in [-0.3, -0.25) is 0 Å². The summed E-state index contributed by atoms with van der Waals surface area (Å²) < 4.78 is 0. The summed E-state index contributed by atoms with van der Waals surface area (Å²) in [5, 5.41) is 4.60. The van der Waals surface area contributed by atoms with Crippen LogP contribution in [0.25, 0.3) is 0 Å². The second-order valence-corrected chi connectivity index (χ2v) is 6.20. The Balaban J connectivity index is 1.70. The van der Waals surface area contributed by atoms with Gasteiger partial charge in [0.2, 0.25) is 0 Å². The summed E-state index contributed by atoms with van der Waals surface area (Å²) in [5.41, 5.74) is 5.57. The molecule has 2 atom stereocenters. The first-order valence-electron chi connectivity index (χ1n) is 7.22. The Morgan fingerprint density at radius 2 is 1.85 bits per heavy atom. The molecule has 1 N–H and O–H groups in total. The predicted molar refractivity (Wildman–Crippen MR) is 85.4 cm³/mol. The van der Waals surface area contributed by atoms with Crippen LogP contribution in [0, 0.1) is 6.92 Å². The smallest absolute Gasteiger partial charge is 0.0408 e. The fraction of sp³-hybridized carbons (Fsp3) is 0.333. The van der Waals surface area contributed by atoms with Gasteiger partial charge >= 0.3 is 0 Å². The number of hydrogen-bond donors (Lipinski definition) is 1. The van der Waals surface area contributed by atoms with E-state index in [-0.39, 0.29) is 0 Å². The summed E-state index contributed by atoms with van der Waals surface area (Å²) in [4.78, 5) is 0. The van der Waals surface area contributed by atoms with Crippen molar-refractivity contribution < 1.29 is 0 Å². The number of benzene rings is 2. The van der Waals surface area contributed by atoms with Crippen LogP contribution in [-0.4, -0.2) is 6.04 Å². The first kappa shape index (κ1) is 13.7. The molecule has 0 fully saturated rings. The molecule has 0 aromatic heterocycles. The third-order valence-corrected chi connectivity index (χ3v) is 4.48. The van der Waals surface area contributed by atoms with Gasteiger partial charge in [0.25, 0.3) is 0 Å². The fourth-order valence-electron chi connectivity index (χ4n) is 3.22. The van der Waals surface area contributed by atoms with E-state index >= 15 is 0 Å². The molecule has 2 heteroatoms. The van der Waals surface area contributed by atoms with Gasteiger partial charge in [0.15, 0.2) is 0 Å². The molecular weight excluding hydrogens is 266 g/mol. The quantitative estimate of drug-likeness (QED) is 0.877. The molecule has 0 aliphatic heterocycles. The molecule has 0 amide bonds. The summed E-state index contributed by atoms with van der Waals surface area (Å²) in [6.07, 6.45) is 2.18. The lowest BCUT2D eigenvalue weighted by Gasteiger charge is -2.21. The second kappa shape index (κ2) is 5.59. The normalized spacial score (nSPS) is 18.9. The predicted octanol–water partition coefficient (Wildman–Crippen LogP) is 4.47. The Kier molecular flexibility index (Phi) is 3.82. The first-order valence-corrected chi connectivity index (χ1v) is 7.60. The highest BCUT2D eigenvalue weighted by molar-refractivity contribution is 6.30. The molecule has 1 nitrogen and oxygen atoms in total. The molecule has 0 bridgehead atoms. The molecule has 2 unspecified atom stereocenters. The molecule has 0 saturated carbocycles. The largest absolute Gasteiger partial charge is 0.307 e. The van der Waals surface area contributed by atoms with Crippen LogP contribution in [0.1, 0.15) is 35.2 Å². The minimum Gasteiger partial charge on any atom is -0.307 e. The molecule has 104 valence electrons. The van der Waals surface area contributed by atoms with Crippen LogP contribution in [0.5, 0.6) is 0 Å². The van der Waals surface area contributed by atoms with Gasteiger partial charge in [-0.2, -0.15) is 0 Å². The zero-order valence-electron chi connectivity index (χ0n) is 12.0. The molecule has 0 saturated heterocycles. The fourth-order valence-corrected chi connectivity index (χ4v) is 3.42. The van der Waals surface area contributed by atoms with Gasteiger partial charge in [-0.05, 0) is 61.1 Å². The zero-order chi connectivity index (χ0) is 14.1. The average molecular weight is 286 g/mol. The van der Waals surface area contributed by atoms with E-state index in [0.29, 0.717) is 12.1 Å². The van der Waals surface area contributed by atoms with Crippen LogP contribution < -0.4 is 5.32 Å². The number of hydrogen-bond acceptors (Lipinski definition) is 1. The van der Waals surface area contributed by atoms with E-state index in [1.54, 1.807) is 0 Å². The van der Waals surface area contributed by atoms with Crippen molar-refractivity contribution in [3.05, 3.63) is 69.7 Å². The van der Waals surface area contributed by atoms with Crippen LogP contribution in [0.4, 0.5) is 0 Å². The number of aryl methyl sites for hydroxylation is 1. The summed E-state index contributed by atoms with van der Waals surface area (Å²) in [6.45, 7) is 4.43. The average Bonchev–Trinajstić information content (AvgIpc) is 2.80. The maximum atomic E-state index is 6.07. The van der Waals surface area contributed by atoms with E-state index in [9.17, 15) is 0 Å². The number of nitrogens with one attached hydrogen (secondary N) is 1. The lowest BCUT2D eigenvalue weighted by molar-refractivity contribution is 0.466. The minimum atomic E-state index is 0.381. The Bertz CT molecular complexity index is 621. The second-order valence-electron chi connectivity index (χ2n) is 5.76.